The number of Topliss-reactive ketones (excluding diaryl/α,β-unsaturated/α-hetero) is 1. The van der Waals surface area contributed by atoms with E-state index in [0.717, 1.165) is 29.4 Å². The highest BCUT2D eigenvalue weighted by molar-refractivity contribution is 6.11. The van der Waals surface area contributed by atoms with Gasteiger partial charge in [-0.05, 0) is 49.7 Å². The normalized spacial score (nSPS) is 15.5. The van der Waals surface area contributed by atoms with E-state index in [2.05, 4.69) is 4.90 Å². The van der Waals surface area contributed by atoms with Gasteiger partial charge in [0.2, 0.25) is 0 Å². The van der Waals surface area contributed by atoms with Gasteiger partial charge in [-0.3, -0.25) is 9.69 Å². The van der Waals surface area contributed by atoms with Crippen molar-refractivity contribution in [2.24, 2.45) is 0 Å². The molecule has 0 radical (unpaired) electrons. The summed E-state index contributed by atoms with van der Waals surface area (Å²) in [6.07, 6.45) is 2.39. The van der Waals surface area contributed by atoms with Crippen molar-refractivity contribution in [3.8, 4) is 5.75 Å². The van der Waals surface area contributed by atoms with E-state index >= 15 is 0 Å². The Bertz CT molecular complexity index is 645. The Morgan fingerprint density at radius 3 is 2.67 bits per heavy atom. The molecule has 1 aliphatic rings. The van der Waals surface area contributed by atoms with Gasteiger partial charge in [0.1, 0.15) is 5.75 Å². The summed E-state index contributed by atoms with van der Waals surface area (Å²) in [5, 5.41) is 2.08. The lowest BCUT2D eigenvalue weighted by Crippen LogP contribution is -2.27. The monoisotopic (exact) mass is 283 g/mol. The number of hydrogen-bond acceptors (Lipinski definition) is 3. The predicted octanol–water partition coefficient (Wildman–Crippen LogP) is 3.52. The van der Waals surface area contributed by atoms with Crippen LogP contribution in [0.2, 0.25) is 0 Å². The van der Waals surface area contributed by atoms with E-state index in [4.69, 9.17) is 4.74 Å². The number of rotatable bonds is 5. The van der Waals surface area contributed by atoms with Crippen LogP contribution >= 0.6 is 0 Å². The van der Waals surface area contributed by atoms with E-state index in [1.54, 1.807) is 0 Å². The van der Waals surface area contributed by atoms with Gasteiger partial charge in [0.25, 0.3) is 0 Å². The van der Waals surface area contributed by atoms with Crippen molar-refractivity contribution >= 4 is 16.6 Å². The third-order valence-electron chi connectivity index (χ3n) is 4.04. The summed E-state index contributed by atoms with van der Waals surface area (Å²) in [7, 11) is 0. The minimum Gasteiger partial charge on any atom is -0.493 e. The number of ketones is 1. The van der Waals surface area contributed by atoms with Crippen molar-refractivity contribution in [1.29, 1.82) is 0 Å². The number of benzene rings is 2. The molecule has 3 rings (SSSR count). The first-order valence-corrected chi connectivity index (χ1v) is 7.69. The second-order valence-corrected chi connectivity index (χ2v) is 5.50. The molecule has 0 atom stereocenters. The third-order valence-corrected chi connectivity index (χ3v) is 4.04. The first kappa shape index (κ1) is 14.1. The molecular weight excluding hydrogens is 262 g/mol. The van der Waals surface area contributed by atoms with Crippen LogP contribution in [0.1, 0.15) is 30.1 Å². The van der Waals surface area contributed by atoms with Crippen molar-refractivity contribution < 1.29 is 9.53 Å². The molecule has 0 bridgehead atoms. The molecule has 2 aromatic rings. The summed E-state index contributed by atoms with van der Waals surface area (Å²) in [4.78, 5) is 15.0. The van der Waals surface area contributed by atoms with Crippen molar-refractivity contribution in [2.45, 2.75) is 19.8 Å². The number of carbonyl (C=O) groups is 1. The average molecular weight is 283 g/mol. The smallest absolute Gasteiger partial charge is 0.181 e. The number of hydrogen-bond donors (Lipinski definition) is 0. The molecule has 3 heteroatoms. The highest BCUT2D eigenvalue weighted by Gasteiger charge is 2.21. The number of ether oxygens (including phenoxy) is 1. The standard InChI is InChI=1S/C18H21NO2/c1-2-21-17-10-9-14-7-3-4-8-15(14)18(17)16(20)13-19-11-5-6-12-19/h3-4,7-10H,2,5-6,11-13H2,1H3. The van der Waals surface area contributed by atoms with Gasteiger partial charge >= 0.3 is 0 Å². The maximum absolute atomic E-state index is 12.8. The van der Waals surface area contributed by atoms with Gasteiger partial charge in [0.05, 0.1) is 18.7 Å². The van der Waals surface area contributed by atoms with Crippen molar-refractivity contribution in [2.75, 3.05) is 26.2 Å². The van der Waals surface area contributed by atoms with Gasteiger partial charge in [0.15, 0.2) is 5.78 Å². The van der Waals surface area contributed by atoms with Crippen LogP contribution in [-0.2, 0) is 0 Å². The Morgan fingerprint density at radius 2 is 1.90 bits per heavy atom. The maximum atomic E-state index is 12.8. The van der Waals surface area contributed by atoms with Gasteiger partial charge in [-0.25, -0.2) is 0 Å². The lowest BCUT2D eigenvalue weighted by Gasteiger charge is -2.17. The first-order chi connectivity index (χ1) is 10.3. The summed E-state index contributed by atoms with van der Waals surface area (Å²) in [6, 6.07) is 12.0. The molecule has 3 nitrogen and oxygen atoms in total. The van der Waals surface area contributed by atoms with E-state index in [-0.39, 0.29) is 5.78 Å². The molecular formula is C18H21NO2. The molecule has 0 saturated carbocycles. The zero-order valence-corrected chi connectivity index (χ0v) is 12.5. The molecule has 1 aliphatic heterocycles. The lowest BCUT2D eigenvalue weighted by atomic mass is 10.00. The van der Waals surface area contributed by atoms with Gasteiger partial charge in [-0.15, -0.1) is 0 Å². The molecule has 0 aromatic heterocycles. The van der Waals surface area contributed by atoms with E-state index in [1.165, 1.54) is 12.8 Å². The van der Waals surface area contributed by atoms with Crippen molar-refractivity contribution in [3.05, 3.63) is 42.0 Å². The third kappa shape index (κ3) is 2.93. The van der Waals surface area contributed by atoms with Crippen LogP contribution in [0.4, 0.5) is 0 Å². The van der Waals surface area contributed by atoms with Crippen molar-refractivity contribution in [1.82, 2.24) is 4.90 Å². The molecule has 0 N–H and O–H groups in total. The first-order valence-electron chi connectivity index (χ1n) is 7.69. The number of likely N-dealkylation sites (tertiary alicyclic amines) is 1. The molecule has 0 unspecified atom stereocenters. The highest BCUT2D eigenvalue weighted by Crippen LogP contribution is 2.29. The van der Waals surface area contributed by atoms with Gasteiger partial charge in [0, 0.05) is 0 Å². The SMILES string of the molecule is CCOc1ccc2ccccc2c1C(=O)CN1CCCC1. The van der Waals surface area contributed by atoms with Gasteiger partial charge in [-0.2, -0.15) is 0 Å². The van der Waals surface area contributed by atoms with E-state index < -0.39 is 0 Å². The fourth-order valence-electron chi connectivity index (χ4n) is 3.04. The molecule has 1 saturated heterocycles. The van der Waals surface area contributed by atoms with E-state index in [0.29, 0.717) is 18.9 Å². The van der Waals surface area contributed by atoms with E-state index in [9.17, 15) is 4.79 Å². The Labute approximate surface area is 125 Å². The zero-order chi connectivity index (χ0) is 14.7. The summed E-state index contributed by atoms with van der Waals surface area (Å²) in [5.41, 5.74) is 0.738. The average Bonchev–Trinajstić information content (AvgIpc) is 3.00. The lowest BCUT2D eigenvalue weighted by molar-refractivity contribution is 0.0943. The molecule has 110 valence electrons. The van der Waals surface area contributed by atoms with Gasteiger partial charge in [-0.1, -0.05) is 30.3 Å². The number of nitrogens with zero attached hydrogens (tertiary/aromatic N) is 1. The summed E-state index contributed by atoms with van der Waals surface area (Å²) >= 11 is 0. The Kier molecular flexibility index (Phi) is 4.20. The molecule has 0 amide bonds. The predicted molar refractivity (Wildman–Crippen MR) is 85.1 cm³/mol. The minimum atomic E-state index is 0.164. The van der Waals surface area contributed by atoms with Crippen LogP contribution in [0.3, 0.4) is 0 Å². The Hall–Kier alpha value is -1.87. The molecule has 21 heavy (non-hydrogen) atoms. The van der Waals surface area contributed by atoms with Crippen LogP contribution in [0.15, 0.2) is 36.4 Å². The summed E-state index contributed by atoms with van der Waals surface area (Å²) < 4.78 is 5.69. The van der Waals surface area contributed by atoms with Crippen LogP contribution in [-0.4, -0.2) is 36.9 Å². The maximum Gasteiger partial charge on any atom is 0.181 e. The minimum absolute atomic E-state index is 0.164. The number of carbonyl (C=O) groups excluding carboxylic acids is 1. The quantitative estimate of drug-likeness (QED) is 0.786. The Morgan fingerprint density at radius 1 is 1.14 bits per heavy atom. The largest absolute Gasteiger partial charge is 0.493 e. The Balaban J connectivity index is 2.00. The fourth-order valence-corrected chi connectivity index (χ4v) is 3.04. The molecule has 0 aliphatic carbocycles. The second-order valence-electron chi connectivity index (χ2n) is 5.50. The second kappa shape index (κ2) is 6.27. The molecule has 1 heterocycles. The summed E-state index contributed by atoms with van der Waals surface area (Å²) in [5.74, 6) is 0.873. The molecule has 1 fully saturated rings. The van der Waals surface area contributed by atoms with Crippen LogP contribution in [0.5, 0.6) is 5.75 Å². The fraction of sp³-hybridized carbons (Fsp3) is 0.389. The van der Waals surface area contributed by atoms with Gasteiger partial charge < -0.3 is 4.74 Å². The molecule has 2 aromatic carbocycles. The van der Waals surface area contributed by atoms with Crippen LogP contribution in [0, 0.1) is 0 Å². The number of fused-ring (bicyclic) bond motifs is 1. The summed E-state index contributed by atoms with van der Waals surface area (Å²) in [6.45, 7) is 5.07. The van der Waals surface area contributed by atoms with Crippen LogP contribution < -0.4 is 4.74 Å². The topological polar surface area (TPSA) is 29.5 Å². The van der Waals surface area contributed by atoms with Crippen molar-refractivity contribution in [3.63, 3.8) is 0 Å². The molecule has 0 spiro atoms. The van der Waals surface area contributed by atoms with E-state index in [1.807, 2.05) is 43.3 Å². The van der Waals surface area contributed by atoms with Crippen LogP contribution in [0.25, 0.3) is 10.8 Å². The zero-order valence-electron chi connectivity index (χ0n) is 12.5. The highest BCUT2D eigenvalue weighted by atomic mass is 16.5.